The van der Waals surface area contributed by atoms with Gasteiger partial charge in [0, 0.05) is 37.7 Å². The van der Waals surface area contributed by atoms with Gasteiger partial charge in [0.05, 0.1) is 19.9 Å². The Bertz CT molecular complexity index is 878. The first kappa shape index (κ1) is 21.0. The Labute approximate surface area is 175 Å². The predicted octanol–water partition coefficient (Wildman–Crippen LogP) is 3.44. The van der Waals surface area contributed by atoms with E-state index in [-0.39, 0.29) is 17.6 Å². The lowest BCUT2D eigenvalue weighted by Crippen LogP contribution is -2.44. The van der Waals surface area contributed by atoms with Crippen molar-refractivity contribution in [3.05, 3.63) is 52.8 Å². The standard InChI is InChI=1S/C21H26ClFN4O2/c1-24-21(25-12-14-4-6-19(28-2)17(23)10-14)26-16-8-9-27(13-16)18-11-15(22)5-7-20(18)29-3/h4-7,10-11,16H,8-9,12-13H2,1-3H3,(H2,24,25,26). The van der Waals surface area contributed by atoms with E-state index in [1.54, 1.807) is 20.2 Å². The Hall–Kier alpha value is -2.67. The van der Waals surface area contributed by atoms with E-state index in [9.17, 15) is 4.39 Å². The third kappa shape index (κ3) is 5.23. The molecule has 2 aromatic rings. The minimum Gasteiger partial charge on any atom is -0.495 e. The maximum atomic E-state index is 13.9. The maximum Gasteiger partial charge on any atom is 0.191 e. The summed E-state index contributed by atoms with van der Waals surface area (Å²) in [4.78, 5) is 6.52. The van der Waals surface area contributed by atoms with Crippen molar-refractivity contribution in [2.45, 2.75) is 19.0 Å². The lowest BCUT2D eigenvalue weighted by atomic mass is 10.2. The van der Waals surface area contributed by atoms with Crippen LogP contribution in [0.2, 0.25) is 5.02 Å². The van der Waals surface area contributed by atoms with Crippen molar-refractivity contribution in [1.29, 1.82) is 0 Å². The zero-order valence-corrected chi connectivity index (χ0v) is 17.6. The van der Waals surface area contributed by atoms with Crippen molar-refractivity contribution < 1.29 is 13.9 Å². The molecule has 29 heavy (non-hydrogen) atoms. The number of hydrogen-bond acceptors (Lipinski definition) is 4. The second-order valence-corrected chi connectivity index (χ2v) is 7.22. The number of benzene rings is 2. The van der Waals surface area contributed by atoms with E-state index in [4.69, 9.17) is 21.1 Å². The van der Waals surface area contributed by atoms with Gasteiger partial charge in [-0.05, 0) is 42.3 Å². The summed E-state index contributed by atoms with van der Waals surface area (Å²) < 4.78 is 24.3. The summed E-state index contributed by atoms with van der Waals surface area (Å²) in [5.41, 5.74) is 1.80. The monoisotopic (exact) mass is 420 g/mol. The van der Waals surface area contributed by atoms with E-state index in [1.807, 2.05) is 24.3 Å². The van der Waals surface area contributed by atoms with Crippen LogP contribution in [0.4, 0.5) is 10.1 Å². The minimum absolute atomic E-state index is 0.220. The molecule has 2 N–H and O–H groups in total. The van der Waals surface area contributed by atoms with E-state index in [2.05, 4.69) is 20.5 Å². The fraction of sp³-hybridized carbons (Fsp3) is 0.381. The van der Waals surface area contributed by atoms with Crippen molar-refractivity contribution in [2.24, 2.45) is 4.99 Å². The fourth-order valence-corrected chi connectivity index (χ4v) is 3.57. The molecule has 0 amide bonds. The van der Waals surface area contributed by atoms with Crippen LogP contribution in [0.25, 0.3) is 0 Å². The molecule has 0 spiro atoms. The van der Waals surface area contributed by atoms with Crippen molar-refractivity contribution in [2.75, 3.05) is 39.3 Å². The smallest absolute Gasteiger partial charge is 0.191 e. The summed E-state index contributed by atoms with van der Waals surface area (Å²) in [5.74, 6) is 1.33. The van der Waals surface area contributed by atoms with Crippen LogP contribution in [0.15, 0.2) is 41.4 Å². The quantitative estimate of drug-likeness (QED) is 0.553. The molecule has 156 valence electrons. The van der Waals surface area contributed by atoms with Crippen molar-refractivity contribution in [3.63, 3.8) is 0 Å². The van der Waals surface area contributed by atoms with E-state index in [0.717, 1.165) is 36.5 Å². The Morgan fingerprint density at radius 2 is 1.97 bits per heavy atom. The first-order valence-corrected chi connectivity index (χ1v) is 9.80. The molecule has 1 unspecified atom stereocenters. The summed E-state index contributed by atoms with van der Waals surface area (Å²) in [6.07, 6.45) is 0.952. The second-order valence-electron chi connectivity index (χ2n) is 6.79. The highest BCUT2D eigenvalue weighted by molar-refractivity contribution is 6.30. The number of ether oxygens (including phenoxy) is 2. The third-order valence-corrected chi connectivity index (χ3v) is 5.15. The summed E-state index contributed by atoms with van der Waals surface area (Å²) in [5, 5.41) is 7.34. The Kier molecular flexibility index (Phi) is 7.04. The molecule has 3 rings (SSSR count). The van der Waals surface area contributed by atoms with Crippen molar-refractivity contribution >= 4 is 23.2 Å². The van der Waals surface area contributed by atoms with Gasteiger partial charge in [0.15, 0.2) is 17.5 Å². The summed E-state index contributed by atoms with van der Waals surface area (Å²) in [7, 11) is 4.83. The molecule has 1 fully saturated rings. The van der Waals surface area contributed by atoms with Gasteiger partial charge in [-0.15, -0.1) is 0 Å². The van der Waals surface area contributed by atoms with Crippen molar-refractivity contribution in [3.8, 4) is 11.5 Å². The number of hydrogen-bond donors (Lipinski definition) is 2. The first-order chi connectivity index (χ1) is 14.0. The number of guanidine groups is 1. The van der Waals surface area contributed by atoms with Crippen LogP contribution in [-0.2, 0) is 6.54 Å². The van der Waals surface area contributed by atoms with Crippen LogP contribution in [0.5, 0.6) is 11.5 Å². The molecule has 0 bridgehead atoms. The number of aliphatic imine (C=N–C) groups is 1. The largest absolute Gasteiger partial charge is 0.495 e. The number of nitrogens with one attached hydrogen (secondary N) is 2. The second kappa shape index (κ2) is 9.69. The molecule has 0 aromatic heterocycles. The molecule has 1 atom stereocenters. The number of methoxy groups -OCH3 is 2. The van der Waals surface area contributed by atoms with Gasteiger partial charge in [-0.25, -0.2) is 4.39 Å². The highest BCUT2D eigenvalue weighted by Gasteiger charge is 2.25. The van der Waals surface area contributed by atoms with Crippen LogP contribution >= 0.6 is 11.6 Å². The van der Waals surface area contributed by atoms with Gasteiger partial charge in [-0.2, -0.15) is 0 Å². The molecule has 1 heterocycles. The van der Waals surface area contributed by atoms with E-state index >= 15 is 0 Å². The predicted molar refractivity (Wildman–Crippen MR) is 115 cm³/mol. The van der Waals surface area contributed by atoms with E-state index < -0.39 is 0 Å². The molecule has 1 aliphatic heterocycles. The van der Waals surface area contributed by atoms with Crippen molar-refractivity contribution in [1.82, 2.24) is 10.6 Å². The summed E-state index contributed by atoms with van der Waals surface area (Å²) >= 11 is 6.16. The Balaban J connectivity index is 1.57. The number of nitrogens with zero attached hydrogens (tertiary/aromatic N) is 2. The zero-order chi connectivity index (χ0) is 20.8. The molecular formula is C21H26ClFN4O2. The molecule has 0 aliphatic carbocycles. The average molecular weight is 421 g/mol. The van der Waals surface area contributed by atoms with Gasteiger partial charge in [0.1, 0.15) is 5.75 Å². The molecule has 6 nitrogen and oxygen atoms in total. The van der Waals surface area contributed by atoms with Crippen LogP contribution < -0.4 is 25.0 Å². The molecule has 0 radical (unpaired) electrons. The maximum absolute atomic E-state index is 13.9. The Morgan fingerprint density at radius 1 is 1.21 bits per heavy atom. The average Bonchev–Trinajstić information content (AvgIpc) is 3.19. The van der Waals surface area contributed by atoms with Gasteiger partial charge in [0.2, 0.25) is 0 Å². The third-order valence-electron chi connectivity index (χ3n) is 4.91. The Morgan fingerprint density at radius 3 is 2.66 bits per heavy atom. The molecule has 2 aromatic carbocycles. The van der Waals surface area contributed by atoms with E-state index in [1.165, 1.54) is 13.2 Å². The summed E-state index contributed by atoms with van der Waals surface area (Å²) in [6.45, 7) is 2.14. The molecule has 8 heteroatoms. The normalized spacial score (nSPS) is 16.7. The SMILES string of the molecule is CN=C(NCc1ccc(OC)c(F)c1)NC1CCN(c2cc(Cl)ccc2OC)C1. The fourth-order valence-electron chi connectivity index (χ4n) is 3.40. The zero-order valence-electron chi connectivity index (χ0n) is 16.8. The van der Waals surface area contributed by atoms with Gasteiger partial charge in [-0.1, -0.05) is 17.7 Å². The number of rotatable bonds is 6. The molecule has 1 aliphatic rings. The topological polar surface area (TPSA) is 58.1 Å². The number of anilines is 1. The van der Waals surface area contributed by atoms with Gasteiger partial charge < -0.3 is 25.0 Å². The lowest BCUT2D eigenvalue weighted by molar-refractivity contribution is 0.386. The van der Waals surface area contributed by atoms with Gasteiger partial charge >= 0.3 is 0 Å². The first-order valence-electron chi connectivity index (χ1n) is 9.42. The molecular weight excluding hydrogens is 395 g/mol. The van der Waals surface area contributed by atoms with Gasteiger partial charge in [0.25, 0.3) is 0 Å². The highest BCUT2D eigenvalue weighted by Crippen LogP contribution is 2.33. The molecule has 0 saturated carbocycles. The van der Waals surface area contributed by atoms with E-state index in [0.29, 0.717) is 17.5 Å². The van der Waals surface area contributed by atoms with Crippen LogP contribution in [0.3, 0.4) is 0 Å². The highest BCUT2D eigenvalue weighted by atomic mass is 35.5. The molecule has 1 saturated heterocycles. The number of halogens is 2. The van der Waals surface area contributed by atoms with Gasteiger partial charge in [-0.3, -0.25) is 4.99 Å². The minimum atomic E-state index is -0.378. The van der Waals surface area contributed by atoms with Crippen LogP contribution in [-0.4, -0.2) is 46.4 Å². The lowest BCUT2D eigenvalue weighted by Gasteiger charge is -2.22. The summed E-state index contributed by atoms with van der Waals surface area (Å²) in [6, 6.07) is 10.8. The van der Waals surface area contributed by atoms with Crippen LogP contribution in [0.1, 0.15) is 12.0 Å². The van der Waals surface area contributed by atoms with Crippen LogP contribution in [0, 0.1) is 5.82 Å².